The first kappa shape index (κ1) is 11.9. The molecule has 2 nitrogen and oxygen atoms in total. The normalized spacial score (nSPS) is 12.4. The van der Waals surface area contributed by atoms with Gasteiger partial charge in [0.1, 0.15) is 5.84 Å². The van der Waals surface area contributed by atoms with Gasteiger partial charge in [-0.3, -0.25) is 3.11 Å². The van der Waals surface area contributed by atoms with Gasteiger partial charge < -0.3 is 0 Å². The molecular weight excluding hydrogens is 366 g/mol. The maximum atomic E-state index is 4.11. The van der Waals surface area contributed by atoms with E-state index in [2.05, 4.69) is 43.0 Å². The summed E-state index contributed by atoms with van der Waals surface area (Å²) in [5.74, 6) is 1.10. The van der Waals surface area contributed by atoms with Gasteiger partial charge in [-0.2, -0.15) is 0 Å². The summed E-state index contributed by atoms with van der Waals surface area (Å²) in [7, 11) is 0. The molecular formula is C7H14I2N2. The van der Waals surface area contributed by atoms with Gasteiger partial charge in [-0.05, 0) is 19.8 Å². The lowest BCUT2D eigenvalue weighted by molar-refractivity contribution is 0.469. The third kappa shape index (κ3) is 3.91. The van der Waals surface area contributed by atoms with E-state index in [1.54, 1.807) is 0 Å². The van der Waals surface area contributed by atoms with E-state index in [0.717, 1.165) is 5.84 Å². The van der Waals surface area contributed by atoms with Crippen molar-refractivity contribution >= 4 is 51.6 Å². The molecule has 0 spiro atoms. The van der Waals surface area contributed by atoms with E-state index < -0.39 is 0 Å². The second kappa shape index (κ2) is 6.45. The van der Waals surface area contributed by atoms with Crippen LogP contribution < -0.4 is 0 Å². The molecule has 0 radical (unpaired) electrons. The first-order valence-corrected chi connectivity index (χ1v) is 5.70. The fourth-order valence-corrected chi connectivity index (χ4v) is 2.45. The van der Waals surface area contributed by atoms with Crippen molar-refractivity contribution in [3.63, 3.8) is 0 Å². The van der Waals surface area contributed by atoms with Crippen molar-refractivity contribution in [2.24, 2.45) is 3.21 Å². The topological polar surface area (TPSA) is 15.6 Å². The highest BCUT2D eigenvalue weighted by Gasteiger charge is 2.12. The lowest BCUT2D eigenvalue weighted by Gasteiger charge is -2.24. The van der Waals surface area contributed by atoms with Gasteiger partial charge in [0, 0.05) is 6.04 Å². The zero-order valence-electron chi connectivity index (χ0n) is 7.14. The Morgan fingerprint density at radius 3 is 2.18 bits per heavy atom. The van der Waals surface area contributed by atoms with E-state index in [9.17, 15) is 0 Å². The maximum Gasteiger partial charge on any atom is 0.117 e. The molecule has 0 aromatic rings. The summed E-state index contributed by atoms with van der Waals surface area (Å²) in [6.07, 6.45) is 2.37. The molecule has 0 aliphatic carbocycles. The molecule has 11 heavy (non-hydrogen) atoms. The van der Waals surface area contributed by atoms with Crippen molar-refractivity contribution in [3.8, 4) is 0 Å². The Labute approximate surface area is 96.8 Å². The molecule has 4 heteroatoms. The van der Waals surface area contributed by atoms with E-state index in [-0.39, 0.29) is 0 Å². The van der Waals surface area contributed by atoms with Crippen LogP contribution >= 0.6 is 45.7 Å². The summed E-state index contributed by atoms with van der Waals surface area (Å²) < 4.78 is 6.32. The van der Waals surface area contributed by atoms with Gasteiger partial charge in [-0.15, -0.1) is 0 Å². The molecule has 0 amide bonds. The molecule has 0 aliphatic heterocycles. The fraction of sp³-hybridized carbons (Fsp3) is 0.857. The van der Waals surface area contributed by atoms with Gasteiger partial charge in [-0.25, -0.2) is 3.21 Å². The van der Waals surface area contributed by atoms with Crippen molar-refractivity contribution < 1.29 is 0 Å². The third-order valence-corrected chi connectivity index (χ3v) is 3.88. The van der Waals surface area contributed by atoms with Crippen LogP contribution in [-0.4, -0.2) is 15.0 Å². The molecule has 0 fully saturated rings. The Morgan fingerprint density at radius 2 is 1.91 bits per heavy atom. The van der Waals surface area contributed by atoms with E-state index in [4.69, 9.17) is 0 Å². The van der Waals surface area contributed by atoms with Gasteiger partial charge in [0.05, 0.1) is 45.7 Å². The standard InChI is InChI=1S/C7H14I2N2/c1-4-7(5-2)11(9)6(3)10-8/h7H,4-5H2,1-3H3/b10-6-. The largest absolute Gasteiger partial charge is 0.299 e. The second-order valence-corrected chi connectivity index (χ2v) is 3.94. The average molecular weight is 380 g/mol. The zero-order valence-corrected chi connectivity index (χ0v) is 11.5. The van der Waals surface area contributed by atoms with Crippen LogP contribution in [0.15, 0.2) is 3.21 Å². The van der Waals surface area contributed by atoms with Crippen molar-refractivity contribution in [1.29, 1.82) is 0 Å². The van der Waals surface area contributed by atoms with Crippen LogP contribution in [0, 0.1) is 0 Å². The Morgan fingerprint density at radius 1 is 1.45 bits per heavy atom. The lowest BCUT2D eigenvalue weighted by atomic mass is 10.2. The molecule has 0 rings (SSSR count). The molecule has 0 aliphatic rings. The molecule has 0 atom stereocenters. The van der Waals surface area contributed by atoms with E-state index in [0.29, 0.717) is 6.04 Å². The summed E-state index contributed by atoms with van der Waals surface area (Å²) in [5.41, 5.74) is 0. The Balaban J connectivity index is 4.08. The van der Waals surface area contributed by atoms with Crippen LogP contribution in [0.5, 0.6) is 0 Å². The van der Waals surface area contributed by atoms with Crippen LogP contribution in [0.3, 0.4) is 0 Å². The number of rotatable bonds is 3. The SMILES string of the molecule is CCC(CC)N(I)/C(C)=N\I. The van der Waals surface area contributed by atoms with Crippen LogP contribution in [-0.2, 0) is 0 Å². The van der Waals surface area contributed by atoms with Crippen molar-refractivity contribution in [3.05, 3.63) is 0 Å². The minimum atomic E-state index is 0.633. The van der Waals surface area contributed by atoms with Crippen molar-refractivity contribution in [2.75, 3.05) is 0 Å². The van der Waals surface area contributed by atoms with Gasteiger partial charge in [0.15, 0.2) is 0 Å². The molecule has 0 aromatic carbocycles. The van der Waals surface area contributed by atoms with E-state index >= 15 is 0 Å². The number of amidine groups is 1. The number of nitrogens with zero attached hydrogens (tertiary/aromatic N) is 2. The molecule has 0 heterocycles. The van der Waals surface area contributed by atoms with Gasteiger partial charge in [0.25, 0.3) is 0 Å². The summed E-state index contributed by atoms with van der Waals surface area (Å²) in [5, 5.41) is 0. The molecule has 66 valence electrons. The zero-order chi connectivity index (χ0) is 8.85. The minimum Gasteiger partial charge on any atom is -0.299 e. The highest BCUT2D eigenvalue weighted by molar-refractivity contribution is 14.1. The summed E-state index contributed by atoms with van der Waals surface area (Å²) in [4.78, 5) is 0. The summed E-state index contributed by atoms with van der Waals surface area (Å²) in [6, 6.07) is 0.633. The smallest absolute Gasteiger partial charge is 0.117 e. The van der Waals surface area contributed by atoms with Crippen LogP contribution in [0.1, 0.15) is 33.6 Å². The average Bonchev–Trinajstić information content (AvgIpc) is 2.05. The summed E-state index contributed by atoms with van der Waals surface area (Å²) >= 11 is 4.36. The highest BCUT2D eigenvalue weighted by Crippen LogP contribution is 2.15. The monoisotopic (exact) mass is 380 g/mol. The Kier molecular flexibility index (Phi) is 6.99. The predicted octanol–water partition coefficient (Wildman–Crippen LogP) is 3.60. The van der Waals surface area contributed by atoms with Gasteiger partial charge in [0.2, 0.25) is 0 Å². The summed E-state index contributed by atoms with van der Waals surface area (Å²) in [6.45, 7) is 6.46. The van der Waals surface area contributed by atoms with Crippen LogP contribution in [0.2, 0.25) is 0 Å². The van der Waals surface area contributed by atoms with Gasteiger partial charge in [-0.1, -0.05) is 13.8 Å². The number of hydrogen-bond donors (Lipinski definition) is 0. The lowest BCUT2D eigenvalue weighted by Crippen LogP contribution is -2.28. The van der Waals surface area contributed by atoms with Crippen molar-refractivity contribution in [2.45, 2.75) is 39.7 Å². The first-order chi connectivity index (χ1) is 5.17. The van der Waals surface area contributed by atoms with Gasteiger partial charge >= 0.3 is 0 Å². The maximum absolute atomic E-state index is 4.11. The molecule has 0 saturated heterocycles. The van der Waals surface area contributed by atoms with E-state index in [1.807, 2.05) is 29.8 Å². The molecule has 0 saturated carbocycles. The van der Waals surface area contributed by atoms with Crippen LogP contribution in [0.4, 0.5) is 0 Å². The number of halogens is 2. The quantitative estimate of drug-likeness (QED) is 0.316. The third-order valence-electron chi connectivity index (χ3n) is 1.69. The number of hydrogen-bond acceptors (Lipinski definition) is 1. The second-order valence-electron chi connectivity index (χ2n) is 2.41. The molecule has 0 aromatic heterocycles. The first-order valence-electron chi connectivity index (χ1n) is 3.77. The predicted molar refractivity (Wildman–Crippen MR) is 67.4 cm³/mol. The minimum absolute atomic E-state index is 0.633. The Hall–Kier alpha value is 0.930. The molecule has 0 N–H and O–H groups in total. The van der Waals surface area contributed by atoms with Crippen LogP contribution in [0.25, 0.3) is 0 Å². The molecule has 0 bridgehead atoms. The van der Waals surface area contributed by atoms with E-state index in [1.165, 1.54) is 12.8 Å². The highest BCUT2D eigenvalue weighted by atomic mass is 127. The fourth-order valence-electron chi connectivity index (χ4n) is 0.910. The molecule has 0 unspecified atom stereocenters. The van der Waals surface area contributed by atoms with Crippen molar-refractivity contribution in [1.82, 2.24) is 3.11 Å². The Bertz CT molecular complexity index is 132.